The Morgan fingerprint density at radius 1 is 1.31 bits per heavy atom. The van der Waals surface area contributed by atoms with Gasteiger partial charge in [-0.05, 0) is 52.0 Å². The van der Waals surface area contributed by atoms with Gasteiger partial charge in [0.05, 0.1) is 5.60 Å². The second-order valence-electron chi connectivity index (χ2n) is 5.71. The normalized spacial score (nSPS) is 18.8. The van der Waals surface area contributed by atoms with Crippen LogP contribution in [-0.2, 0) is 4.74 Å². The molecule has 0 aromatic carbocycles. The van der Waals surface area contributed by atoms with Gasteiger partial charge in [0.15, 0.2) is 0 Å². The van der Waals surface area contributed by atoms with Gasteiger partial charge in [-0.2, -0.15) is 0 Å². The largest absolute Gasteiger partial charge is 0.379 e. The predicted molar refractivity (Wildman–Crippen MR) is 69.7 cm³/mol. The number of hydrogen-bond donors (Lipinski definition) is 1. The average molecular weight is 227 g/mol. The molecule has 1 rings (SSSR count). The van der Waals surface area contributed by atoms with Crippen LogP contribution in [0.2, 0.25) is 0 Å². The zero-order valence-electron chi connectivity index (χ0n) is 11.5. The summed E-state index contributed by atoms with van der Waals surface area (Å²) >= 11 is 0. The van der Waals surface area contributed by atoms with Crippen LogP contribution in [0.15, 0.2) is 0 Å². The SMILES string of the molecule is CCNC(CCCCC(C)(C)OC)C1CC1. The van der Waals surface area contributed by atoms with E-state index in [1.807, 2.05) is 7.11 Å². The van der Waals surface area contributed by atoms with Gasteiger partial charge >= 0.3 is 0 Å². The first kappa shape index (κ1) is 14.0. The molecule has 0 aromatic rings. The zero-order valence-corrected chi connectivity index (χ0v) is 11.5. The summed E-state index contributed by atoms with van der Waals surface area (Å²) in [6, 6.07) is 0.788. The summed E-state index contributed by atoms with van der Waals surface area (Å²) in [6.45, 7) is 7.68. The van der Waals surface area contributed by atoms with E-state index in [9.17, 15) is 0 Å². The summed E-state index contributed by atoms with van der Waals surface area (Å²) in [4.78, 5) is 0. The fourth-order valence-electron chi connectivity index (χ4n) is 2.28. The lowest BCUT2D eigenvalue weighted by Gasteiger charge is -2.23. The molecule has 16 heavy (non-hydrogen) atoms. The van der Waals surface area contributed by atoms with Crippen LogP contribution in [0.4, 0.5) is 0 Å². The first-order valence-corrected chi connectivity index (χ1v) is 6.87. The van der Waals surface area contributed by atoms with Gasteiger partial charge < -0.3 is 10.1 Å². The monoisotopic (exact) mass is 227 g/mol. The molecule has 2 heteroatoms. The smallest absolute Gasteiger partial charge is 0.0622 e. The molecule has 1 aliphatic rings. The fraction of sp³-hybridized carbons (Fsp3) is 1.00. The van der Waals surface area contributed by atoms with E-state index in [1.165, 1.54) is 38.5 Å². The van der Waals surface area contributed by atoms with Crippen molar-refractivity contribution in [3.8, 4) is 0 Å². The van der Waals surface area contributed by atoms with Crippen LogP contribution < -0.4 is 5.32 Å². The molecule has 0 heterocycles. The van der Waals surface area contributed by atoms with Gasteiger partial charge in [0.1, 0.15) is 0 Å². The van der Waals surface area contributed by atoms with Crippen molar-refractivity contribution in [1.29, 1.82) is 0 Å². The maximum atomic E-state index is 5.44. The first-order chi connectivity index (χ1) is 7.59. The Morgan fingerprint density at radius 3 is 2.50 bits per heavy atom. The number of hydrogen-bond acceptors (Lipinski definition) is 2. The van der Waals surface area contributed by atoms with Crippen molar-refractivity contribution < 1.29 is 4.74 Å². The maximum absolute atomic E-state index is 5.44. The van der Waals surface area contributed by atoms with Crippen LogP contribution in [0.25, 0.3) is 0 Å². The lowest BCUT2D eigenvalue weighted by atomic mass is 9.97. The van der Waals surface area contributed by atoms with Gasteiger partial charge in [0.2, 0.25) is 0 Å². The molecular weight excluding hydrogens is 198 g/mol. The van der Waals surface area contributed by atoms with Gasteiger partial charge in [0.25, 0.3) is 0 Å². The summed E-state index contributed by atoms with van der Waals surface area (Å²) in [5.41, 5.74) is 0.0628. The molecule has 0 bridgehead atoms. The number of ether oxygens (including phenoxy) is 1. The van der Waals surface area contributed by atoms with Crippen molar-refractivity contribution in [3.05, 3.63) is 0 Å². The minimum Gasteiger partial charge on any atom is -0.379 e. The van der Waals surface area contributed by atoms with Crippen molar-refractivity contribution in [2.24, 2.45) is 5.92 Å². The third-order valence-electron chi connectivity index (χ3n) is 3.75. The Balaban J connectivity index is 2.08. The summed E-state index contributed by atoms with van der Waals surface area (Å²) in [5, 5.41) is 3.62. The summed E-state index contributed by atoms with van der Waals surface area (Å²) < 4.78 is 5.44. The highest BCUT2D eigenvalue weighted by Crippen LogP contribution is 2.34. The molecule has 0 amide bonds. The van der Waals surface area contributed by atoms with E-state index in [-0.39, 0.29) is 5.60 Å². The molecule has 0 radical (unpaired) electrons. The highest BCUT2D eigenvalue weighted by atomic mass is 16.5. The second kappa shape index (κ2) is 6.61. The van der Waals surface area contributed by atoms with Crippen LogP contribution >= 0.6 is 0 Å². The molecule has 1 unspecified atom stereocenters. The van der Waals surface area contributed by atoms with Crippen molar-refractivity contribution in [1.82, 2.24) is 5.32 Å². The molecular formula is C14H29NO. The van der Waals surface area contributed by atoms with E-state index < -0.39 is 0 Å². The van der Waals surface area contributed by atoms with Crippen LogP contribution in [0, 0.1) is 5.92 Å². The van der Waals surface area contributed by atoms with Crippen molar-refractivity contribution in [2.75, 3.05) is 13.7 Å². The lowest BCUT2D eigenvalue weighted by Crippen LogP contribution is -2.31. The van der Waals surface area contributed by atoms with E-state index in [1.54, 1.807) is 0 Å². The van der Waals surface area contributed by atoms with Crippen LogP contribution in [0.3, 0.4) is 0 Å². The Bertz CT molecular complexity index is 187. The molecule has 1 fully saturated rings. The van der Waals surface area contributed by atoms with Gasteiger partial charge in [-0.3, -0.25) is 0 Å². The van der Waals surface area contributed by atoms with Crippen molar-refractivity contribution in [2.45, 2.75) is 70.9 Å². The number of rotatable bonds is 9. The van der Waals surface area contributed by atoms with Gasteiger partial charge in [-0.15, -0.1) is 0 Å². The topological polar surface area (TPSA) is 21.3 Å². The number of methoxy groups -OCH3 is 1. The van der Waals surface area contributed by atoms with E-state index in [0.717, 1.165) is 18.5 Å². The third kappa shape index (κ3) is 5.31. The third-order valence-corrected chi connectivity index (χ3v) is 3.75. The summed E-state index contributed by atoms with van der Waals surface area (Å²) in [5.74, 6) is 0.982. The first-order valence-electron chi connectivity index (χ1n) is 6.87. The van der Waals surface area contributed by atoms with Gasteiger partial charge in [-0.25, -0.2) is 0 Å². The molecule has 1 atom stereocenters. The van der Waals surface area contributed by atoms with Crippen LogP contribution in [0.5, 0.6) is 0 Å². The Labute approximate surface area is 101 Å². The zero-order chi connectivity index (χ0) is 12.0. The minimum atomic E-state index is 0.0628. The summed E-state index contributed by atoms with van der Waals surface area (Å²) in [7, 11) is 1.81. The standard InChI is InChI=1S/C14H29NO/c1-5-15-13(12-9-10-12)8-6-7-11-14(2,3)16-4/h12-13,15H,5-11H2,1-4H3. The Kier molecular flexibility index (Phi) is 5.77. The molecule has 96 valence electrons. The van der Waals surface area contributed by atoms with Crippen LogP contribution in [-0.4, -0.2) is 25.3 Å². The highest BCUT2D eigenvalue weighted by Gasteiger charge is 2.30. The maximum Gasteiger partial charge on any atom is 0.0622 e. The van der Waals surface area contributed by atoms with Gasteiger partial charge in [0, 0.05) is 13.2 Å². The number of unbranched alkanes of at least 4 members (excludes halogenated alkanes) is 1. The van der Waals surface area contributed by atoms with Crippen LogP contribution in [0.1, 0.15) is 59.3 Å². The van der Waals surface area contributed by atoms with E-state index >= 15 is 0 Å². The van der Waals surface area contributed by atoms with E-state index in [0.29, 0.717) is 0 Å². The summed E-state index contributed by atoms with van der Waals surface area (Å²) in [6.07, 6.45) is 8.03. The molecule has 0 aliphatic heterocycles. The molecule has 0 spiro atoms. The lowest BCUT2D eigenvalue weighted by molar-refractivity contribution is 0.0132. The molecule has 1 aliphatic carbocycles. The molecule has 0 aromatic heterocycles. The molecule has 0 saturated heterocycles. The molecule has 2 nitrogen and oxygen atoms in total. The van der Waals surface area contributed by atoms with Crippen molar-refractivity contribution >= 4 is 0 Å². The fourth-order valence-corrected chi connectivity index (χ4v) is 2.28. The Hall–Kier alpha value is -0.0800. The predicted octanol–water partition coefficient (Wildman–Crippen LogP) is 3.36. The second-order valence-corrected chi connectivity index (χ2v) is 5.71. The Morgan fingerprint density at radius 2 is 2.00 bits per heavy atom. The molecule has 1 N–H and O–H groups in total. The number of nitrogens with one attached hydrogen (secondary N) is 1. The van der Waals surface area contributed by atoms with E-state index in [4.69, 9.17) is 4.74 Å². The molecule has 1 saturated carbocycles. The van der Waals surface area contributed by atoms with E-state index in [2.05, 4.69) is 26.1 Å². The van der Waals surface area contributed by atoms with Gasteiger partial charge in [-0.1, -0.05) is 19.8 Å². The quantitative estimate of drug-likeness (QED) is 0.610. The van der Waals surface area contributed by atoms with Crippen molar-refractivity contribution in [3.63, 3.8) is 0 Å². The minimum absolute atomic E-state index is 0.0628. The highest BCUT2D eigenvalue weighted by molar-refractivity contribution is 4.86. The average Bonchev–Trinajstić information content (AvgIpc) is 3.06.